The Balaban J connectivity index is 1.97. The van der Waals surface area contributed by atoms with E-state index in [4.69, 9.17) is 0 Å². The molecule has 1 N–H and O–H groups in total. The third-order valence-corrected chi connectivity index (χ3v) is 3.79. The van der Waals surface area contributed by atoms with Crippen molar-refractivity contribution < 1.29 is 0 Å². The number of likely N-dealkylation sites (tertiary alicyclic amines) is 1. The Morgan fingerprint density at radius 1 is 1.42 bits per heavy atom. The van der Waals surface area contributed by atoms with Crippen molar-refractivity contribution in [3.63, 3.8) is 0 Å². The zero-order chi connectivity index (χ0) is 13.7. The van der Waals surface area contributed by atoms with E-state index < -0.39 is 0 Å². The number of hydrogen-bond acceptors (Lipinski definition) is 5. The molecule has 0 radical (unpaired) electrons. The normalized spacial score (nSPS) is 20.5. The Hall–Kier alpha value is -1.20. The molecule has 106 valence electrons. The Bertz CT molecular complexity index is 378. The number of nitrogens with one attached hydrogen (secondary N) is 1. The molecule has 5 heteroatoms. The minimum Gasteiger partial charge on any atom is -0.343 e. The van der Waals surface area contributed by atoms with Gasteiger partial charge in [-0.05, 0) is 45.0 Å². The molecule has 1 fully saturated rings. The number of piperidine rings is 1. The van der Waals surface area contributed by atoms with Crippen molar-refractivity contribution in [2.75, 3.05) is 52.2 Å². The van der Waals surface area contributed by atoms with Crippen molar-refractivity contribution in [1.82, 2.24) is 20.2 Å². The maximum atomic E-state index is 4.50. The lowest BCUT2D eigenvalue weighted by atomic mass is 9.93. The Kier molecular flexibility index (Phi) is 5.10. The first-order valence-corrected chi connectivity index (χ1v) is 7.07. The van der Waals surface area contributed by atoms with E-state index in [0.29, 0.717) is 5.92 Å². The third-order valence-electron chi connectivity index (χ3n) is 3.79. The predicted octanol–water partition coefficient (Wildman–Crippen LogP) is 0.941. The number of aromatic nitrogens is 2. The fourth-order valence-corrected chi connectivity index (χ4v) is 2.56. The topological polar surface area (TPSA) is 44.3 Å². The van der Waals surface area contributed by atoms with Crippen LogP contribution in [0.1, 0.15) is 24.3 Å². The monoisotopic (exact) mass is 263 g/mol. The summed E-state index contributed by atoms with van der Waals surface area (Å²) in [6.45, 7) is 4.19. The predicted molar refractivity (Wildman–Crippen MR) is 78.7 cm³/mol. The van der Waals surface area contributed by atoms with E-state index in [0.717, 1.165) is 25.6 Å². The Labute approximate surface area is 116 Å². The second-order valence-corrected chi connectivity index (χ2v) is 5.44. The van der Waals surface area contributed by atoms with Crippen LogP contribution in [0.15, 0.2) is 12.4 Å². The van der Waals surface area contributed by atoms with E-state index >= 15 is 0 Å². The first kappa shape index (κ1) is 14.2. The number of anilines is 1. The highest BCUT2D eigenvalue weighted by atomic mass is 15.2. The molecule has 19 heavy (non-hydrogen) atoms. The van der Waals surface area contributed by atoms with Crippen LogP contribution < -0.4 is 10.2 Å². The van der Waals surface area contributed by atoms with Gasteiger partial charge in [-0.25, -0.2) is 9.97 Å². The third kappa shape index (κ3) is 3.88. The molecule has 1 unspecified atom stereocenters. The molecule has 0 aromatic carbocycles. The zero-order valence-electron chi connectivity index (χ0n) is 12.3. The van der Waals surface area contributed by atoms with Gasteiger partial charge in [0, 0.05) is 39.1 Å². The number of nitrogens with zero attached hydrogens (tertiary/aromatic N) is 4. The van der Waals surface area contributed by atoms with Gasteiger partial charge in [0.1, 0.15) is 0 Å². The Morgan fingerprint density at radius 3 is 2.79 bits per heavy atom. The number of hydrogen-bond donors (Lipinski definition) is 1. The average molecular weight is 263 g/mol. The van der Waals surface area contributed by atoms with Crippen LogP contribution in [0.3, 0.4) is 0 Å². The molecule has 1 aliphatic heterocycles. The number of rotatable bonds is 5. The van der Waals surface area contributed by atoms with Crippen molar-refractivity contribution in [2.45, 2.75) is 18.8 Å². The van der Waals surface area contributed by atoms with E-state index in [2.05, 4.69) is 32.1 Å². The molecule has 0 aliphatic carbocycles. The highest BCUT2D eigenvalue weighted by Gasteiger charge is 2.19. The Morgan fingerprint density at radius 2 is 2.16 bits per heavy atom. The molecular formula is C14H25N5. The van der Waals surface area contributed by atoms with Gasteiger partial charge in [0.15, 0.2) is 0 Å². The summed E-state index contributed by atoms with van der Waals surface area (Å²) in [5, 5.41) is 3.13. The highest BCUT2D eigenvalue weighted by molar-refractivity contribution is 5.29. The summed E-state index contributed by atoms with van der Waals surface area (Å²) in [5.41, 5.74) is 1.28. The van der Waals surface area contributed by atoms with Crippen LogP contribution in [0.4, 0.5) is 5.95 Å². The van der Waals surface area contributed by atoms with E-state index in [-0.39, 0.29) is 0 Å². The molecule has 2 rings (SSSR count). The van der Waals surface area contributed by atoms with Crippen LogP contribution in [0.5, 0.6) is 0 Å². The SMILES string of the molecule is CNCCN(C)c1ncc(C2CCCN(C)C2)cn1. The van der Waals surface area contributed by atoms with Gasteiger partial charge in [-0.1, -0.05) is 0 Å². The molecule has 0 amide bonds. The summed E-state index contributed by atoms with van der Waals surface area (Å²) in [7, 11) is 6.17. The van der Waals surface area contributed by atoms with Gasteiger partial charge in [0.05, 0.1) is 0 Å². The van der Waals surface area contributed by atoms with Crippen LogP contribution in [-0.4, -0.2) is 62.2 Å². The largest absolute Gasteiger partial charge is 0.343 e. The van der Waals surface area contributed by atoms with Gasteiger partial charge in [-0.3, -0.25) is 0 Å². The summed E-state index contributed by atoms with van der Waals surface area (Å²) in [4.78, 5) is 13.5. The lowest BCUT2D eigenvalue weighted by Crippen LogP contribution is -2.31. The quantitative estimate of drug-likeness (QED) is 0.856. The highest BCUT2D eigenvalue weighted by Crippen LogP contribution is 2.25. The molecule has 1 aromatic rings. The lowest BCUT2D eigenvalue weighted by molar-refractivity contribution is 0.250. The molecule has 1 atom stereocenters. The van der Waals surface area contributed by atoms with E-state index in [1.165, 1.54) is 24.9 Å². The van der Waals surface area contributed by atoms with Crippen LogP contribution in [0.25, 0.3) is 0 Å². The lowest BCUT2D eigenvalue weighted by Gasteiger charge is -2.29. The minimum atomic E-state index is 0.593. The van der Waals surface area contributed by atoms with E-state index in [9.17, 15) is 0 Å². The van der Waals surface area contributed by atoms with Crippen molar-refractivity contribution in [2.24, 2.45) is 0 Å². The molecule has 1 aliphatic rings. The van der Waals surface area contributed by atoms with Crippen molar-refractivity contribution >= 4 is 5.95 Å². The smallest absolute Gasteiger partial charge is 0.225 e. The van der Waals surface area contributed by atoms with Gasteiger partial charge in [-0.2, -0.15) is 0 Å². The number of likely N-dealkylation sites (N-methyl/N-ethyl adjacent to an activating group) is 3. The van der Waals surface area contributed by atoms with Crippen LogP contribution in [-0.2, 0) is 0 Å². The van der Waals surface area contributed by atoms with Gasteiger partial charge in [0.25, 0.3) is 0 Å². The summed E-state index contributed by atoms with van der Waals surface area (Å²) in [6.07, 6.45) is 6.53. The minimum absolute atomic E-state index is 0.593. The molecule has 1 aromatic heterocycles. The molecule has 0 spiro atoms. The summed E-state index contributed by atoms with van der Waals surface area (Å²) in [5.74, 6) is 1.40. The fraction of sp³-hybridized carbons (Fsp3) is 0.714. The van der Waals surface area contributed by atoms with Crippen molar-refractivity contribution in [3.8, 4) is 0 Å². The van der Waals surface area contributed by atoms with Gasteiger partial charge in [-0.15, -0.1) is 0 Å². The van der Waals surface area contributed by atoms with Gasteiger partial charge >= 0.3 is 0 Å². The first-order valence-electron chi connectivity index (χ1n) is 7.07. The average Bonchev–Trinajstić information content (AvgIpc) is 2.45. The van der Waals surface area contributed by atoms with Crippen LogP contribution in [0, 0.1) is 0 Å². The van der Waals surface area contributed by atoms with Crippen molar-refractivity contribution in [3.05, 3.63) is 18.0 Å². The van der Waals surface area contributed by atoms with Gasteiger partial charge < -0.3 is 15.1 Å². The van der Waals surface area contributed by atoms with E-state index in [1.807, 2.05) is 26.5 Å². The van der Waals surface area contributed by atoms with Crippen LogP contribution >= 0.6 is 0 Å². The summed E-state index contributed by atoms with van der Waals surface area (Å²) >= 11 is 0. The molecule has 0 saturated carbocycles. The fourth-order valence-electron chi connectivity index (χ4n) is 2.56. The summed E-state index contributed by atoms with van der Waals surface area (Å²) in [6, 6.07) is 0. The molecule has 0 bridgehead atoms. The van der Waals surface area contributed by atoms with Crippen LogP contribution in [0.2, 0.25) is 0 Å². The van der Waals surface area contributed by atoms with E-state index in [1.54, 1.807) is 0 Å². The van der Waals surface area contributed by atoms with Gasteiger partial charge in [0.2, 0.25) is 5.95 Å². The van der Waals surface area contributed by atoms with Crippen molar-refractivity contribution in [1.29, 1.82) is 0 Å². The molecule has 2 heterocycles. The standard InChI is InChI=1S/C14H25N5/c1-15-6-8-19(3)14-16-9-13(10-17-14)12-5-4-7-18(2)11-12/h9-10,12,15H,4-8,11H2,1-3H3. The molecule has 1 saturated heterocycles. The second-order valence-electron chi connectivity index (χ2n) is 5.44. The molecule has 5 nitrogen and oxygen atoms in total. The maximum absolute atomic E-state index is 4.50. The maximum Gasteiger partial charge on any atom is 0.225 e. The summed E-state index contributed by atoms with van der Waals surface area (Å²) < 4.78 is 0. The second kappa shape index (κ2) is 6.82. The zero-order valence-corrected chi connectivity index (χ0v) is 12.3. The first-order chi connectivity index (χ1) is 9.20. The molecular weight excluding hydrogens is 238 g/mol.